The van der Waals surface area contributed by atoms with Gasteiger partial charge in [0.2, 0.25) is 5.91 Å². The molecule has 0 unspecified atom stereocenters. The Bertz CT molecular complexity index is 635. The molecule has 1 aromatic rings. The Hall–Kier alpha value is -1.86. The van der Waals surface area contributed by atoms with Crippen LogP contribution in [0.15, 0.2) is 24.3 Å². The van der Waals surface area contributed by atoms with Gasteiger partial charge in [0.15, 0.2) is 0 Å². The second-order valence-electron chi connectivity index (χ2n) is 4.93. The highest BCUT2D eigenvalue weighted by Gasteiger charge is 2.68. The molecule has 112 valence electrons. The van der Waals surface area contributed by atoms with E-state index in [4.69, 9.17) is 23.2 Å². The van der Waals surface area contributed by atoms with Gasteiger partial charge in [-0.1, -0.05) is 6.07 Å². The Morgan fingerprint density at radius 1 is 1.33 bits per heavy atom. The molecule has 1 aliphatic rings. The number of hydrazine groups is 1. The van der Waals surface area contributed by atoms with Crippen LogP contribution in [0, 0.1) is 15.5 Å². The van der Waals surface area contributed by atoms with Crippen LogP contribution < -0.4 is 10.9 Å². The number of nitrogens with one attached hydrogen (secondary N) is 2. The minimum absolute atomic E-state index is 0.0495. The van der Waals surface area contributed by atoms with Crippen molar-refractivity contribution in [1.82, 2.24) is 10.9 Å². The minimum atomic E-state index is -1.15. The van der Waals surface area contributed by atoms with Gasteiger partial charge >= 0.3 is 0 Å². The van der Waals surface area contributed by atoms with Crippen LogP contribution >= 0.6 is 23.2 Å². The number of amides is 2. The normalized spacial score (nSPS) is 22.2. The molecule has 0 saturated heterocycles. The van der Waals surface area contributed by atoms with Crippen molar-refractivity contribution >= 4 is 40.7 Å². The third kappa shape index (κ3) is 2.93. The van der Waals surface area contributed by atoms with Crippen LogP contribution in [0.4, 0.5) is 5.69 Å². The third-order valence-electron chi connectivity index (χ3n) is 3.37. The summed E-state index contributed by atoms with van der Waals surface area (Å²) in [6.45, 7) is 1.57. The van der Waals surface area contributed by atoms with Crippen molar-refractivity contribution in [3.63, 3.8) is 0 Å². The molecule has 2 N–H and O–H groups in total. The van der Waals surface area contributed by atoms with Gasteiger partial charge in [-0.05, 0) is 19.4 Å². The first-order valence-electron chi connectivity index (χ1n) is 5.90. The molecule has 0 aliphatic heterocycles. The molecule has 9 heteroatoms. The van der Waals surface area contributed by atoms with Gasteiger partial charge in [-0.15, -0.1) is 23.2 Å². The SMILES string of the molecule is C[C@]1(C(=O)NNC(=O)c2cccc([N+](=O)[O-])c2)CC1(Cl)Cl. The highest BCUT2D eigenvalue weighted by molar-refractivity contribution is 6.53. The molecule has 0 aromatic heterocycles. The Labute approximate surface area is 129 Å². The summed E-state index contributed by atoms with van der Waals surface area (Å²) in [4.78, 5) is 33.7. The number of nitro groups is 1. The van der Waals surface area contributed by atoms with Crippen molar-refractivity contribution in [2.45, 2.75) is 17.7 Å². The summed E-state index contributed by atoms with van der Waals surface area (Å²) in [6, 6.07) is 5.13. The quantitative estimate of drug-likeness (QED) is 0.502. The second kappa shape index (κ2) is 5.16. The average molecular weight is 332 g/mol. The molecule has 1 saturated carbocycles. The number of carbonyl (C=O) groups is 2. The largest absolute Gasteiger partial charge is 0.273 e. The molecule has 0 heterocycles. The van der Waals surface area contributed by atoms with Gasteiger partial charge in [-0.25, -0.2) is 0 Å². The number of nitro benzene ring substituents is 1. The summed E-state index contributed by atoms with van der Waals surface area (Å²) < 4.78 is -1.15. The van der Waals surface area contributed by atoms with Crippen LogP contribution in [0.3, 0.4) is 0 Å². The van der Waals surface area contributed by atoms with E-state index in [9.17, 15) is 19.7 Å². The highest BCUT2D eigenvalue weighted by atomic mass is 35.5. The molecule has 1 fully saturated rings. The van der Waals surface area contributed by atoms with E-state index in [0.717, 1.165) is 6.07 Å². The van der Waals surface area contributed by atoms with Crippen molar-refractivity contribution in [3.05, 3.63) is 39.9 Å². The Balaban J connectivity index is 1.98. The number of rotatable bonds is 3. The number of hydrogen-bond donors (Lipinski definition) is 2. The summed E-state index contributed by atoms with van der Waals surface area (Å²) >= 11 is 11.7. The number of non-ortho nitro benzene ring substituents is 1. The van der Waals surface area contributed by atoms with Gasteiger partial charge in [-0.3, -0.25) is 30.6 Å². The van der Waals surface area contributed by atoms with E-state index in [1.54, 1.807) is 6.92 Å². The van der Waals surface area contributed by atoms with Gasteiger partial charge in [0, 0.05) is 17.7 Å². The topological polar surface area (TPSA) is 101 Å². The van der Waals surface area contributed by atoms with Crippen molar-refractivity contribution in [2.24, 2.45) is 5.41 Å². The molecule has 1 aromatic carbocycles. The molecule has 0 bridgehead atoms. The standard InChI is InChI=1S/C12H11Cl2N3O4/c1-11(6-12(11,13)14)10(19)16-15-9(18)7-3-2-4-8(5-7)17(20)21/h2-5H,6H2,1H3,(H,15,18)(H,16,19)/t11-/m1/s1. The fraction of sp³-hybridized carbons (Fsp3) is 0.333. The number of hydrogen-bond acceptors (Lipinski definition) is 4. The summed E-state index contributed by atoms with van der Waals surface area (Å²) in [5.74, 6) is -1.20. The molecule has 1 atom stereocenters. The third-order valence-corrected chi connectivity index (χ3v) is 4.47. The van der Waals surface area contributed by atoms with Gasteiger partial charge in [0.05, 0.1) is 10.3 Å². The van der Waals surface area contributed by atoms with Gasteiger partial charge in [-0.2, -0.15) is 0 Å². The van der Waals surface area contributed by atoms with Crippen LogP contribution in [0.25, 0.3) is 0 Å². The molecule has 0 radical (unpaired) electrons. The Morgan fingerprint density at radius 2 is 1.95 bits per heavy atom. The van der Waals surface area contributed by atoms with Crippen LogP contribution in [0.1, 0.15) is 23.7 Å². The van der Waals surface area contributed by atoms with E-state index in [-0.39, 0.29) is 17.7 Å². The molecule has 21 heavy (non-hydrogen) atoms. The van der Waals surface area contributed by atoms with E-state index < -0.39 is 26.5 Å². The Kier molecular flexibility index (Phi) is 3.81. The lowest BCUT2D eigenvalue weighted by Gasteiger charge is -2.13. The molecular formula is C12H11Cl2N3O4. The van der Waals surface area contributed by atoms with Crippen molar-refractivity contribution < 1.29 is 14.5 Å². The van der Waals surface area contributed by atoms with Crippen molar-refractivity contribution in [3.8, 4) is 0 Å². The van der Waals surface area contributed by atoms with Crippen LogP contribution in [-0.4, -0.2) is 21.1 Å². The summed E-state index contributed by atoms with van der Waals surface area (Å²) in [6.07, 6.45) is 0.279. The number of halogens is 2. The lowest BCUT2D eigenvalue weighted by molar-refractivity contribution is -0.384. The van der Waals surface area contributed by atoms with Gasteiger partial charge in [0.25, 0.3) is 11.6 Å². The first kappa shape index (κ1) is 15.5. The molecule has 2 amide bonds. The summed E-state index contributed by atoms with van der Waals surface area (Å²) in [5.41, 5.74) is 3.25. The molecular weight excluding hydrogens is 321 g/mol. The fourth-order valence-corrected chi connectivity index (χ4v) is 2.44. The zero-order chi connectivity index (χ0) is 15.8. The lowest BCUT2D eigenvalue weighted by Crippen LogP contribution is -2.45. The zero-order valence-corrected chi connectivity index (χ0v) is 12.4. The first-order chi connectivity index (χ1) is 9.67. The maximum atomic E-state index is 11.9. The zero-order valence-electron chi connectivity index (χ0n) is 10.9. The number of carbonyl (C=O) groups excluding carboxylic acids is 2. The Morgan fingerprint density at radius 3 is 2.48 bits per heavy atom. The summed E-state index contributed by atoms with van der Waals surface area (Å²) in [7, 11) is 0. The van der Waals surface area contributed by atoms with Gasteiger partial charge in [0.1, 0.15) is 4.33 Å². The summed E-state index contributed by atoms with van der Waals surface area (Å²) in [5, 5.41) is 10.6. The minimum Gasteiger partial charge on any atom is -0.273 e. The number of nitrogens with zero attached hydrogens (tertiary/aromatic N) is 1. The maximum Gasteiger partial charge on any atom is 0.270 e. The molecule has 0 spiro atoms. The van der Waals surface area contributed by atoms with Crippen LogP contribution in [0.2, 0.25) is 0 Å². The fourth-order valence-electron chi connectivity index (χ4n) is 1.73. The predicted molar refractivity (Wildman–Crippen MR) is 75.9 cm³/mol. The molecule has 7 nitrogen and oxygen atoms in total. The van der Waals surface area contributed by atoms with Crippen LogP contribution in [0.5, 0.6) is 0 Å². The average Bonchev–Trinajstić information content (AvgIpc) is 2.96. The predicted octanol–water partition coefficient (Wildman–Crippen LogP) is 1.94. The molecule has 2 rings (SSSR count). The second-order valence-corrected chi connectivity index (χ2v) is 6.41. The van der Waals surface area contributed by atoms with E-state index in [0.29, 0.717) is 0 Å². The van der Waals surface area contributed by atoms with Gasteiger partial charge < -0.3 is 0 Å². The van der Waals surface area contributed by atoms with E-state index >= 15 is 0 Å². The molecule has 1 aliphatic carbocycles. The highest BCUT2D eigenvalue weighted by Crippen LogP contribution is 2.63. The lowest BCUT2D eigenvalue weighted by atomic mass is 10.1. The van der Waals surface area contributed by atoms with Crippen molar-refractivity contribution in [2.75, 3.05) is 0 Å². The van der Waals surface area contributed by atoms with E-state index in [1.165, 1.54) is 18.2 Å². The monoisotopic (exact) mass is 331 g/mol. The van der Waals surface area contributed by atoms with E-state index in [1.807, 2.05) is 0 Å². The van der Waals surface area contributed by atoms with Crippen LogP contribution in [-0.2, 0) is 4.79 Å². The van der Waals surface area contributed by atoms with Crippen molar-refractivity contribution in [1.29, 1.82) is 0 Å². The maximum absolute atomic E-state index is 11.9. The smallest absolute Gasteiger partial charge is 0.270 e. The van der Waals surface area contributed by atoms with E-state index in [2.05, 4.69) is 10.9 Å². The number of alkyl halides is 2. The number of benzene rings is 1. The first-order valence-corrected chi connectivity index (χ1v) is 6.66.